The van der Waals surface area contributed by atoms with Crippen molar-refractivity contribution in [2.45, 2.75) is 40.8 Å². The molecule has 11 heteroatoms. The molecule has 402 valence electrons. The number of pyridine rings is 1. The van der Waals surface area contributed by atoms with Gasteiger partial charge in [0.15, 0.2) is 0 Å². The van der Waals surface area contributed by atoms with E-state index in [2.05, 4.69) is 312 Å². The summed E-state index contributed by atoms with van der Waals surface area (Å²) in [6, 6.07) is 92.2. The molecule has 2 aromatic heterocycles. The van der Waals surface area contributed by atoms with E-state index in [0.717, 1.165) is 84.8 Å². The van der Waals surface area contributed by atoms with Crippen molar-refractivity contribution >= 4 is 100 Å². The van der Waals surface area contributed by atoms with Crippen molar-refractivity contribution in [2.75, 3.05) is 19.2 Å². The molecule has 3 aliphatic heterocycles. The van der Waals surface area contributed by atoms with Crippen LogP contribution >= 0.6 is 0 Å². The molecule has 10 aromatic carbocycles. The van der Waals surface area contributed by atoms with Crippen molar-refractivity contribution in [3.63, 3.8) is 0 Å². The quantitative estimate of drug-likeness (QED) is 0.0817. The normalized spacial score (nSPS) is 13.8. The average Bonchev–Trinajstić information content (AvgIpc) is 1.80. The summed E-state index contributed by atoms with van der Waals surface area (Å²) in [6.45, 7) is 13.4. The van der Waals surface area contributed by atoms with Gasteiger partial charge in [0.25, 0.3) is 6.33 Å². The van der Waals surface area contributed by atoms with Gasteiger partial charge in [0.1, 0.15) is 5.82 Å². The summed E-state index contributed by atoms with van der Waals surface area (Å²) in [5.74, 6) is 0.846. The molecule has 0 unspecified atom stereocenters. The molecule has 3 aliphatic rings. The van der Waals surface area contributed by atoms with E-state index in [-0.39, 0.29) is 35.0 Å². The molecule has 5 heterocycles. The van der Waals surface area contributed by atoms with Crippen LogP contribution in [0.1, 0.15) is 22.3 Å². The summed E-state index contributed by atoms with van der Waals surface area (Å²) in [6.07, 6.45) is 5.99. The van der Waals surface area contributed by atoms with E-state index in [4.69, 9.17) is 4.98 Å². The number of hydrogen-bond donors (Lipinski definition) is 0. The molecule has 7 nitrogen and oxygen atoms in total. The van der Waals surface area contributed by atoms with Crippen molar-refractivity contribution < 1.29 is 25.6 Å². The van der Waals surface area contributed by atoms with Gasteiger partial charge in [0.05, 0.1) is 16.7 Å². The van der Waals surface area contributed by atoms with Gasteiger partial charge in [-0.1, -0.05) is 245 Å². The van der Waals surface area contributed by atoms with E-state index in [1.54, 1.807) is 0 Å². The Morgan fingerprint density at radius 1 is 0.446 bits per heavy atom. The van der Waals surface area contributed by atoms with Gasteiger partial charge in [-0.05, 0) is 103 Å². The Bertz CT molecular complexity index is 4370. The molecule has 0 N–H and O–H groups in total. The summed E-state index contributed by atoms with van der Waals surface area (Å²) in [7, 11) is -2.51. The van der Waals surface area contributed by atoms with E-state index in [9.17, 15) is 0 Å². The fraction of sp³-hybridized carbons (Fsp3) is 0.0833. The van der Waals surface area contributed by atoms with Crippen LogP contribution < -0.4 is 45.1 Å². The van der Waals surface area contributed by atoms with E-state index >= 15 is 0 Å². The fourth-order valence-corrected chi connectivity index (χ4v) is 16.5. The van der Waals surface area contributed by atoms with Crippen molar-refractivity contribution in [3.05, 3.63) is 277 Å². The molecule has 0 saturated carbocycles. The third-order valence-corrected chi connectivity index (χ3v) is 20.9. The molecule has 0 fully saturated rings. The number of benzene rings is 10. The first-order chi connectivity index (χ1) is 40.2. The fourth-order valence-electron chi connectivity index (χ4n) is 13.6. The molecule has 0 spiro atoms. The minimum absolute atomic E-state index is 0. The van der Waals surface area contributed by atoms with E-state index in [1.165, 1.54) is 49.1 Å². The maximum absolute atomic E-state index is 5.14. The van der Waals surface area contributed by atoms with Crippen LogP contribution in [0.3, 0.4) is 0 Å². The van der Waals surface area contributed by atoms with Crippen LogP contribution in [-0.4, -0.2) is 31.6 Å². The maximum atomic E-state index is 5.14. The molecule has 0 bridgehead atoms. The van der Waals surface area contributed by atoms with Gasteiger partial charge >= 0.3 is 14.0 Å². The Morgan fingerprint density at radius 3 is 1.52 bits per heavy atom. The number of para-hydroxylation sites is 4. The molecule has 0 saturated heterocycles. The van der Waals surface area contributed by atoms with Crippen LogP contribution in [0.5, 0.6) is 0 Å². The second-order valence-electron chi connectivity index (χ2n) is 22.5. The van der Waals surface area contributed by atoms with Crippen molar-refractivity contribution in [2.24, 2.45) is 0 Å². The van der Waals surface area contributed by atoms with Gasteiger partial charge in [-0.2, -0.15) is 12.1 Å². The van der Waals surface area contributed by atoms with Gasteiger partial charge in [-0.15, -0.1) is 23.4 Å². The molecule has 15 rings (SSSR count). The minimum Gasteiger partial charge on any atom is -0.415 e. The molecule has 83 heavy (non-hydrogen) atoms. The Labute approximate surface area is 502 Å². The van der Waals surface area contributed by atoms with Crippen LogP contribution in [0.25, 0.3) is 44.7 Å². The second-order valence-corrected chi connectivity index (χ2v) is 26.9. The van der Waals surface area contributed by atoms with Gasteiger partial charge in [0, 0.05) is 46.7 Å². The molecule has 0 aliphatic carbocycles. The number of aromatic nitrogens is 3. The number of rotatable bonds is 9. The first-order valence-electron chi connectivity index (χ1n) is 28.4. The molecule has 0 radical (unpaired) electrons. The van der Waals surface area contributed by atoms with Crippen LogP contribution in [-0.2, 0) is 21.1 Å². The van der Waals surface area contributed by atoms with Crippen molar-refractivity contribution in [3.8, 4) is 33.6 Å². The first kappa shape index (κ1) is 52.2. The first-order valence-corrected chi connectivity index (χ1v) is 31.4. The number of anilines is 8. The number of nitrogens with zero attached hydrogens (tertiary/aromatic N) is 7. The third-order valence-electron chi connectivity index (χ3n) is 17.4. The summed E-state index contributed by atoms with van der Waals surface area (Å²) < 4.78 is 4.68. The van der Waals surface area contributed by atoms with Gasteiger partial charge in [-0.3, -0.25) is 4.57 Å². The number of fused-ring (bicyclic) bond motifs is 4. The summed E-state index contributed by atoms with van der Waals surface area (Å²) in [5.41, 5.74) is 23.5. The number of aryl methyl sites for hydroxylation is 4. The maximum Gasteiger partial charge on any atom is 0.409 e. The van der Waals surface area contributed by atoms with Crippen LogP contribution in [0.15, 0.2) is 237 Å². The second kappa shape index (κ2) is 20.5. The number of hydrogen-bond acceptors (Lipinski definition) is 5. The van der Waals surface area contributed by atoms with Crippen molar-refractivity contribution in [1.29, 1.82) is 0 Å². The minimum atomic E-state index is -2.51. The molecular weight excluding hydrogens is 1210 g/mol. The van der Waals surface area contributed by atoms with Crippen LogP contribution in [0, 0.1) is 46.2 Å². The number of imidazole rings is 1. The average molecular weight is 1270 g/mol. The predicted octanol–water partition coefficient (Wildman–Crippen LogP) is 13.8. The van der Waals surface area contributed by atoms with E-state index in [0.29, 0.717) is 0 Å². The molecule has 12 aromatic rings. The Morgan fingerprint density at radius 2 is 0.952 bits per heavy atom. The SMILES string of the molecule is Cc1cccc(C)c1B1N(c2[c-]c3c(cc2)N(c2ccccc2)B(c2c(C)cccc2C)N3c2ccccn2)c2[c-]c3c(cc2N1c1ccccc1)[Si](C)(C)c1cccc2c1n-3[c-][n+]2-c1c(-c2ccccc2)cccc1-c1ccccc1.[Pt]. The zero-order chi connectivity index (χ0) is 55.4. The van der Waals surface area contributed by atoms with Gasteiger partial charge in [-0.25, -0.2) is 4.98 Å². The van der Waals surface area contributed by atoms with Gasteiger partial charge < -0.3 is 23.8 Å². The zero-order valence-corrected chi connectivity index (χ0v) is 50.4. The summed E-state index contributed by atoms with van der Waals surface area (Å²) in [5, 5.41) is 2.68. The predicted molar refractivity (Wildman–Crippen MR) is 344 cm³/mol. The molecular formula is C72H57B2N7PtSi-2. The smallest absolute Gasteiger partial charge is 0.409 e. The van der Waals surface area contributed by atoms with Gasteiger partial charge in [0.2, 0.25) is 0 Å². The summed E-state index contributed by atoms with van der Waals surface area (Å²) >= 11 is 0. The third kappa shape index (κ3) is 8.20. The summed E-state index contributed by atoms with van der Waals surface area (Å²) in [4.78, 5) is 15.1. The largest absolute Gasteiger partial charge is 0.415 e. The standard InChI is InChI=1S/C72H57B2N7Si.Pt/c1-49-25-21-26-50(2)69(49)73-79(56-35-17-10-18-36-56)64-47-67-65(77-48-76(61-39-24-40-66(72(61)77)82(67,5)6)71-58(53-29-11-7-12-30-53)37-23-38-59(71)54-31-13-8-14-32-54)46-63(64)80(73)57-42-43-60-62(45-57)81(68-41-19-20-44-75-68)74(70-51(3)27-22-28-52(70)4)78(60)55-33-15-9-16-34-55;/h7-44,47H,1-6H3;/q-2;. The topological polar surface area (TPSA) is 34.7 Å². The van der Waals surface area contributed by atoms with E-state index in [1.807, 2.05) is 12.3 Å². The van der Waals surface area contributed by atoms with Crippen LogP contribution in [0.2, 0.25) is 13.1 Å². The molecule has 0 atom stereocenters. The molecule has 0 amide bonds. The monoisotopic (exact) mass is 1260 g/mol. The Kier molecular flexibility index (Phi) is 12.9. The Balaban J connectivity index is 0.00000614. The zero-order valence-electron chi connectivity index (χ0n) is 47.1. The van der Waals surface area contributed by atoms with Crippen LogP contribution in [0.4, 0.5) is 45.6 Å². The van der Waals surface area contributed by atoms with E-state index < -0.39 is 8.07 Å². The Hall–Kier alpha value is -8.94. The van der Waals surface area contributed by atoms with Crippen molar-refractivity contribution in [1.82, 2.24) is 9.55 Å².